The number of carbonyl (C=O) groups excluding carboxylic acids is 10. The third kappa shape index (κ3) is 22.7. The van der Waals surface area contributed by atoms with Gasteiger partial charge in [-0.1, -0.05) is 41.9 Å². The second-order valence-electron chi connectivity index (χ2n) is 18.0. The molecule has 0 aliphatic rings. The largest absolute Gasteiger partial charge is 0.391 e. The van der Waals surface area contributed by atoms with Crippen LogP contribution < -0.4 is 76.1 Å². The van der Waals surface area contributed by atoms with E-state index in [0.29, 0.717) is 4.47 Å². The zero-order valence-corrected chi connectivity index (χ0v) is 44.6. The van der Waals surface area contributed by atoms with Gasteiger partial charge in [-0.3, -0.25) is 47.9 Å². The van der Waals surface area contributed by atoms with E-state index >= 15 is 0 Å². The first-order valence-corrected chi connectivity index (χ1v) is 25.2. The number of carbonyl (C=O) groups is 10. The van der Waals surface area contributed by atoms with Crippen molar-refractivity contribution in [2.45, 2.75) is 153 Å². The summed E-state index contributed by atoms with van der Waals surface area (Å²) in [5, 5.41) is 55.7. The summed E-state index contributed by atoms with van der Waals surface area (Å²) in [5.74, 6) is -8.78. The molecule has 0 aromatic heterocycles. The highest BCUT2D eigenvalue weighted by Gasteiger charge is 2.36. The second kappa shape index (κ2) is 33.8. The maximum atomic E-state index is 13.7. The van der Waals surface area contributed by atoms with Gasteiger partial charge in [0.05, 0.1) is 12.2 Å². The van der Waals surface area contributed by atoms with Gasteiger partial charge in [-0.05, 0) is 117 Å². The van der Waals surface area contributed by atoms with Gasteiger partial charge in [-0.15, -0.1) is 0 Å². The average Bonchev–Trinajstić information content (AvgIpc) is 3.32. The molecule has 0 radical (unpaired) electrons. The molecule has 27 nitrogen and oxygen atoms in total. The van der Waals surface area contributed by atoms with Crippen LogP contribution in [0.25, 0.3) is 0 Å². The van der Waals surface area contributed by atoms with E-state index in [1.807, 2.05) is 0 Å². The number of aliphatic hydroxyl groups excluding tert-OH is 3. The average molecular weight is 1120 g/mol. The summed E-state index contributed by atoms with van der Waals surface area (Å²) in [6, 6.07) is -6.01. The van der Waals surface area contributed by atoms with Crippen LogP contribution in [0.2, 0.25) is 0 Å². The van der Waals surface area contributed by atoms with Crippen molar-refractivity contribution in [1.29, 1.82) is 0 Å². The monoisotopic (exact) mass is 1110 g/mol. The fourth-order valence-electron chi connectivity index (χ4n) is 7.01. The molecule has 1 rings (SSSR count). The van der Waals surface area contributed by atoms with Crippen molar-refractivity contribution in [3.63, 3.8) is 0 Å². The summed E-state index contributed by atoms with van der Waals surface area (Å²) in [7, 11) is 0. The number of nitrogens with two attached hydrogens (primary N) is 4. The number of benzene rings is 1. The van der Waals surface area contributed by atoms with Crippen molar-refractivity contribution in [2.24, 2.45) is 28.9 Å². The lowest BCUT2D eigenvalue weighted by Crippen LogP contribution is -2.61. The molecule has 0 spiro atoms. The number of nitrogens with one attached hydrogen (secondary N) is 10. The predicted octanol–water partition coefficient (Wildman–Crippen LogP) is -5.78. The first kappa shape index (κ1) is 66.1. The summed E-state index contributed by atoms with van der Waals surface area (Å²) in [5.41, 5.74) is 23.1. The standard InChI is InChI=1S/C46H79BrN14O13/c1-8-52-44(72)34(25(6)62)60-42(70)32(15-19-51)56-41(69)31(14-18-50)57-43(71)33(20-22(2)3)59-38(66)24(5)54-39(67)29(12-16-48)55-37(65)23(4)53-40(68)30(13-17-49)58-45(73)35(26(7)63)61-46(74)36(64)27-10-9-11-28(47)21-27/h9-11,21-26,29-36,62-64H,8,12-20,48-51H2,1-7H3,(H,52,72)(H,53,68)(H,54,67)(H,55,65)(H,56,69)(H,57,71)(H,58,73)(H,59,66)(H,60,70)(H,61,74)/t23-,24+,25?,26?,29-,30-,31?,32-,33-,34-,35-,36?/m0/s1. The van der Waals surface area contributed by atoms with Gasteiger partial charge in [0, 0.05) is 11.0 Å². The molecular weight excluding hydrogens is 1040 g/mol. The van der Waals surface area contributed by atoms with Gasteiger partial charge in [0.25, 0.3) is 5.91 Å². The van der Waals surface area contributed by atoms with Crippen molar-refractivity contribution in [1.82, 2.24) is 53.2 Å². The Morgan fingerprint density at radius 3 is 1.22 bits per heavy atom. The molecular formula is C46H79BrN14O13. The van der Waals surface area contributed by atoms with Crippen molar-refractivity contribution < 1.29 is 63.3 Å². The molecule has 1 aromatic rings. The summed E-state index contributed by atoms with van der Waals surface area (Å²) in [6.07, 6.45) is -4.91. The first-order chi connectivity index (χ1) is 34.8. The number of hydrogen-bond acceptors (Lipinski definition) is 17. The van der Waals surface area contributed by atoms with Crippen LogP contribution in [0.15, 0.2) is 28.7 Å². The highest BCUT2D eigenvalue weighted by atomic mass is 79.9. The van der Waals surface area contributed by atoms with E-state index in [0.717, 1.165) is 0 Å². The summed E-state index contributed by atoms with van der Waals surface area (Å²) in [4.78, 5) is 133. The third-order valence-corrected chi connectivity index (χ3v) is 11.6. The number of amides is 10. The van der Waals surface area contributed by atoms with Crippen LogP contribution in [0, 0.1) is 5.92 Å². The van der Waals surface area contributed by atoms with Crippen LogP contribution in [0.5, 0.6) is 0 Å². The molecule has 0 saturated carbocycles. The number of likely N-dealkylation sites (N-methyl/N-ethyl adjacent to an activating group) is 1. The minimum absolute atomic E-state index is 0.0638. The summed E-state index contributed by atoms with van der Waals surface area (Å²) < 4.78 is 0.572. The topological polar surface area (TPSA) is 456 Å². The minimum atomic E-state index is -1.72. The van der Waals surface area contributed by atoms with E-state index in [1.165, 1.54) is 39.8 Å². The van der Waals surface area contributed by atoms with Crippen molar-refractivity contribution in [3.05, 3.63) is 34.3 Å². The molecule has 74 heavy (non-hydrogen) atoms. The minimum Gasteiger partial charge on any atom is -0.391 e. The predicted molar refractivity (Wildman–Crippen MR) is 274 cm³/mol. The Balaban J connectivity index is 3.08. The third-order valence-electron chi connectivity index (χ3n) is 11.1. The molecule has 28 heteroatoms. The van der Waals surface area contributed by atoms with Gasteiger partial charge in [0.15, 0.2) is 6.10 Å². The van der Waals surface area contributed by atoms with Crippen molar-refractivity contribution in [2.75, 3.05) is 32.7 Å². The lowest BCUT2D eigenvalue weighted by atomic mass is 10.0. The fraction of sp³-hybridized carbons (Fsp3) is 0.652. The quantitative estimate of drug-likeness (QED) is 0.0312. The van der Waals surface area contributed by atoms with E-state index in [9.17, 15) is 63.3 Å². The molecule has 4 unspecified atom stereocenters. The smallest absolute Gasteiger partial charge is 0.254 e. The first-order valence-electron chi connectivity index (χ1n) is 24.4. The van der Waals surface area contributed by atoms with E-state index < -0.39 is 132 Å². The number of halogens is 1. The van der Waals surface area contributed by atoms with Gasteiger partial charge in [-0.2, -0.15) is 0 Å². The Kier molecular flexibility index (Phi) is 30.2. The molecule has 1 aromatic carbocycles. The molecule has 12 atom stereocenters. The number of rotatable bonds is 33. The Morgan fingerprint density at radius 2 is 0.824 bits per heavy atom. The molecule has 0 fully saturated rings. The second-order valence-corrected chi connectivity index (χ2v) is 18.9. The van der Waals surface area contributed by atoms with Crippen LogP contribution in [0.3, 0.4) is 0 Å². The van der Waals surface area contributed by atoms with Crippen LogP contribution >= 0.6 is 15.9 Å². The molecule has 10 amide bonds. The Bertz CT molecular complexity index is 2050. The maximum Gasteiger partial charge on any atom is 0.254 e. The molecule has 21 N–H and O–H groups in total. The van der Waals surface area contributed by atoms with E-state index in [-0.39, 0.29) is 76.3 Å². The lowest BCUT2D eigenvalue weighted by molar-refractivity contribution is -0.138. The van der Waals surface area contributed by atoms with Crippen LogP contribution in [-0.4, -0.2) is 174 Å². The molecule has 0 saturated heterocycles. The normalized spacial score (nSPS) is 16.1. The fourth-order valence-corrected chi connectivity index (χ4v) is 7.43. The Hall–Kier alpha value is -5.88. The van der Waals surface area contributed by atoms with E-state index in [4.69, 9.17) is 22.9 Å². The summed E-state index contributed by atoms with van der Waals surface area (Å²) in [6.45, 7) is 10.1. The van der Waals surface area contributed by atoms with Crippen molar-refractivity contribution >= 4 is 75.0 Å². The van der Waals surface area contributed by atoms with Gasteiger partial charge in [0.1, 0.15) is 54.4 Å². The molecule has 0 heterocycles. The molecule has 418 valence electrons. The van der Waals surface area contributed by atoms with Crippen LogP contribution in [-0.2, 0) is 47.9 Å². The molecule has 0 aliphatic heterocycles. The van der Waals surface area contributed by atoms with Gasteiger partial charge in [-0.25, -0.2) is 0 Å². The Morgan fingerprint density at radius 1 is 0.473 bits per heavy atom. The van der Waals surface area contributed by atoms with E-state index in [2.05, 4.69) is 69.1 Å². The molecule has 0 bridgehead atoms. The van der Waals surface area contributed by atoms with E-state index in [1.54, 1.807) is 32.9 Å². The van der Waals surface area contributed by atoms with Crippen LogP contribution in [0.1, 0.15) is 92.2 Å². The zero-order chi connectivity index (χ0) is 56.4. The lowest BCUT2D eigenvalue weighted by Gasteiger charge is -2.28. The molecule has 0 aliphatic carbocycles. The Labute approximate surface area is 439 Å². The van der Waals surface area contributed by atoms with Crippen LogP contribution in [0.4, 0.5) is 0 Å². The van der Waals surface area contributed by atoms with Crippen molar-refractivity contribution in [3.8, 4) is 0 Å². The van der Waals surface area contributed by atoms with Gasteiger partial charge < -0.3 is 91.4 Å². The van der Waals surface area contributed by atoms with Gasteiger partial charge >= 0.3 is 0 Å². The SMILES string of the molecule is CCNC(=O)[C@@H](NC(=O)[C@H](CCN)NC(=O)C(CCN)NC(=O)[C@H](CC(C)C)NC(=O)[C@@H](C)NC(=O)[C@H](CCN)NC(=O)[C@H](C)NC(=O)[C@H](CCN)NC(=O)[C@@H](NC(=O)C(O)c1cccc(Br)c1)C(C)O)C(C)O. The number of hydrogen-bond donors (Lipinski definition) is 17. The summed E-state index contributed by atoms with van der Waals surface area (Å²) >= 11 is 3.25. The maximum absolute atomic E-state index is 13.7. The van der Waals surface area contributed by atoms with Gasteiger partial charge in [0.2, 0.25) is 53.2 Å². The zero-order valence-electron chi connectivity index (χ0n) is 43.0. The number of aliphatic hydroxyl groups is 3. The highest BCUT2D eigenvalue weighted by molar-refractivity contribution is 9.10. The highest BCUT2D eigenvalue weighted by Crippen LogP contribution is 2.19.